The third kappa shape index (κ3) is 3.34. The van der Waals surface area contributed by atoms with Gasteiger partial charge in [0.25, 0.3) is 0 Å². The molecule has 1 N–H and O–H groups in total. The molecule has 0 radical (unpaired) electrons. The Morgan fingerprint density at radius 1 is 1.00 bits per heavy atom. The Kier molecular flexibility index (Phi) is 5.48. The summed E-state index contributed by atoms with van der Waals surface area (Å²) in [6, 6.07) is 9.04. The lowest BCUT2D eigenvalue weighted by Crippen LogP contribution is -2.55. The van der Waals surface area contributed by atoms with Gasteiger partial charge in [0.1, 0.15) is 0 Å². The van der Waals surface area contributed by atoms with Crippen molar-refractivity contribution < 1.29 is 0 Å². The Labute approximate surface area is 131 Å². The molecule has 1 aromatic rings. The summed E-state index contributed by atoms with van der Waals surface area (Å²) in [5.74, 6) is 0. The van der Waals surface area contributed by atoms with Gasteiger partial charge in [-0.15, -0.1) is 0 Å². The number of hydrogen-bond donors (Lipinski definition) is 1. The second-order valence-corrected chi connectivity index (χ2v) is 7.23. The van der Waals surface area contributed by atoms with Crippen molar-refractivity contribution >= 4 is 0 Å². The molecule has 0 aromatic heterocycles. The van der Waals surface area contributed by atoms with Crippen molar-refractivity contribution in [1.82, 2.24) is 5.32 Å². The fourth-order valence-corrected chi connectivity index (χ4v) is 4.87. The second-order valence-electron chi connectivity index (χ2n) is 7.23. The van der Waals surface area contributed by atoms with Crippen LogP contribution in [0.25, 0.3) is 0 Å². The van der Waals surface area contributed by atoms with Crippen LogP contribution in [-0.2, 0) is 5.41 Å². The summed E-state index contributed by atoms with van der Waals surface area (Å²) in [5.41, 5.74) is 4.05. The van der Waals surface area contributed by atoms with E-state index < -0.39 is 0 Å². The molecular formula is C20H33N. The Balaban J connectivity index is 2.24. The van der Waals surface area contributed by atoms with Crippen LogP contribution in [0.1, 0.15) is 70.4 Å². The molecule has 0 bridgehead atoms. The van der Waals surface area contributed by atoms with Crippen LogP contribution >= 0.6 is 0 Å². The standard InChI is InChI=1S/C20H33N/c1-5-12-19(13-6-2)14-20(15-19,16-21-7-3)18-11-9-8-10-17(18)4/h8-11,21H,5-7,12-16H2,1-4H3. The number of hydrogen-bond acceptors (Lipinski definition) is 1. The van der Waals surface area contributed by atoms with Gasteiger partial charge in [0.05, 0.1) is 0 Å². The van der Waals surface area contributed by atoms with Crippen molar-refractivity contribution in [2.24, 2.45) is 5.41 Å². The minimum absolute atomic E-state index is 0.381. The molecule has 1 aromatic carbocycles. The summed E-state index contributed by atoms with van der Waals surface area (Å²) in [6.07, 6.45) is 8.20. The summed E-state index contributed by atoms with van der Waals surface area (Å²) in [4.78, 5) is 0. The highest BCUT2D eigenvalue weighted by molar-refractivity contribution is 5.37. The SMILES string of the molecule is CCCC1(CCC)CC(CNCC)(c2ccccc2C)C1. The average Bonchev–Trinajstić information content (AvgIpc) is 2.43. The lowest BCUT2D eigenvalue weighted by atomic mass is 9.47. The van der Waals surface area contributed by atoms with Crippen LogP contribution in [0.3, 0.4) is 0 Å². The molecule has 21 heavy (non-hydrogen) atoms. The first-order chi connectivity index (χ1) is 10.1. The molecule has 1 saturated carbocycles. The van der Waals surface area contributed by atoms with E-state index in [4.69, 9.17) is 0 Å². The van der Waals surface area contributed by atoms with E-state index in [0.717, 1.165) is 13.1 Å². The maximum atomic E-state index is 3.64. The molecule has 0 heterocycles. The Morgan fingerprint density at radius 3 is 2.14 bits per heavy atom. The zero-order chi connectivity index (χ0) is 15.3. The first kappa shape index (κ1) is 16.5. The molecule has 0 spiro atoms. The Bertz CT molecular complexity index is 435. The van der Waals surface area contributed by atoms with Gasteiger partial charge >= 0.3 is 0 Å². The molecule has 1 aliphatic rings. The number of likely N-dealkylation sites (N-methyl/N-ethyl adjacent to an activating group) is 1. The minimum atomic E-state index is 0.381. The monoisotopic (exact) mass is 287 g/mol. The lowest BCUT2D eigenvalue weighted by molar-refractivity contribution is 0.00279. The molecule has 118 valence electrons. The quantitative estimate of drug-likeness (QED) is 0.691. The van der Waals surface area contributed by atoms with E-state index in [1.165, 1.54) is 44.1 Å². The molecule has 0 saturated heterocycles. The summed E-state index contributed by atoms with van der Waals surface area (Å²) < 4.78 is 0. The molecule has 0 unspecified atom stereocenters. The van der Waals surface area contributed by atoms with Crippen molar-refractivity contribution in [3.8, 4) is 0 Å². The third-order valence-corrected chi connectivity index (χ3v) is 5.42. The maximum Gasteiger partial charge on any atom is 0.00909 e. The van der Waals surface area contributed by atoms with Gasteiger partial charge in [-0.1, -0.05) is 57.9 Å². The predicted octanol–water partition coefficient (Wildman–Crippen LogP) is 5.22. The molecule has 0 aliphatic heterocycles. The molecule has 0 atom stereocenters. The van der Waals surface area contributed by atoms with Crippen molar-refractivity contribution in [2.75, 3.05) is 13.1 Å². The van der Waals surface area contributed by atoms with Crippen LogP contribution in [0, 0.1) is 12.3 Å². The number of benzene rings is 1. The lowest BCUT2D eigenvalue weighted by Gasteiger charge is -2.58. The normalized spacial score (nSPS) is 19.2. The zero-order valence-corrected chi connectivity index (χ0v) is 14.5. The smallest absolute Gasteiger partial charge is 0.00909 e. The van der Waals surface area contributed by atoms with E-state index in [9.17, 15) is 0 Å². The van der Waals surface area contributed by atoms with Gasteiger partial charge in [-0.2, -0.15) is 0 Å². The summed E-state index contributed by atoms with van der Waals surface area (Å²) in [7, 11) is 0. The minimum Gasteiger partial charge on any atom is -0.316 e. The predicted molar refractivity (Wildman–Crippen MR) is 92.9 cm³/mol. The van der Waals surface area contributed by atoms with Crippen molar-refractivity contribution in [3.05, 3.63) is 35.4 Å². The Morgan fingerprint density at radius 2 is 1.62 bits per heavy atom. The molecule has 1 aliphatic carbocycles. The van der Waals surface area contributed by atoms with Crippen LogP contribution < -0.4 is 5.32 Å². The van der Waals surface area contributed by atoms with Crippen LogP contribution in [0.2, 0.25) is 0 Å². The van der Waals surface area contributed by atoms with Crippen LogP contribution in [0.5, 0.6) is 0 Å². The fourth-order valence-electron chi connectivity index (χ4n) is 4.87. The van der Waals surface area contributed by atoms with E-state index in [2.05, 4.69) is 57.3 Å². The number of aryl methyl sites for hydroxylation is 1. The highest BCUT2D eigenvalue weighted by Gasteiger charge is 2.53. The number of rotatable bonds is 8. The van der Waals surface area contributed by atoms with Crippen LogP contribution in [0.4, 0.5) is 0 Å². The van der Waals surface area contributed by atoms with Crippen LogP contribution in [-0.4, -0.2) is 13.1 Å². The van der Waals surface area contributed by atoms with E-state index >= 15 is 0 Å². The molecule has 2 rings (SSSR count). The largest absolute Gasteiger partial charge is 0.316 e. The molecule has 1 fully saturated rings. The topological polar surface area (TPSA) is 12.0 Å². The van der Waals surface area contributed by atoms with E-state index in [1.807, 2.05) is 0 Å². The average molecular weight is 287 g/mol. The van der Waals surface area contributed by atoms with Gasteiger partial charge in [-0.3, -0.25) is 0 Å². The molecule has 1 nitrogen and oxygen atoms in total. The van der Waals surface area contributed by atoms with Gasteiger partial charge in [0.2, 0.25) is 0 Å². The first-order valence-electron chi connectivity index (χ1n) is 8.88. The van der Waals surface area contributed by atoms with Gasteiger partial charge in [0, 0.05) is 12.0 Å². The van der Waals surface area contributed by atoms with Gasteiger partial charge in [0.15, 0.2) is 0 Å². The zero-order valence-electron chi connectivity index (χ0n) is 14.5. The van der Waals surface area contributed by atoms with Gasteiger partial charge in [-0.25, -0.2) is 0 Å². The maximum absolute atomic E-state index is 3.64. The molecule has 1 heteroatoms. The Hall–Kier alpha value is -0.820. The van der Waals surface area contributed by atoms with Crippen molar-refractivity contribution in [3.63, 3.8) is 0 Å². The van der Waals surface area contributed by atoms with E-state index in [1.54, 1.807) is 5.56 Å². The number of nitrogens with one attached hydrogen (secondary N) is 1. The summed E-state index contributed by atoms with van der Waals surface area (Å²) in [5, 5.41) is 3.64. The highest BCUT2D eigenvalue weighted by atomic mass is 14.9. The van der Waals surface area contributed by atoms with E-state index in [0.29, 0.717) is 10.8 Å². The highest BCUT2D eigenvalue weighted by Crippen LogP contribution is 2.60. The first-order valence-corrected chi connectivity index (χ1v) is 8.88. The molecular weight excluding hydrogens is 254 g/mol. The van der Waals surface area contributed by atoms with E-state index in [-0.39, 0.29) is 0 Å². The van der Waals surface area contributed by atoms with Gasteiger partial charge < -0.3 is 5.32 Å². The second kappa shape index (κ2) is 6.96. The van der Waals surface area contributed by atoms with Crippen molar-refractivity contribution in [1.29, 1.82) is 0 Å². The third-order valence-electron chi connectivity index (χ3n) is 5.42. The van der Waals surface area contributed by atoms with Gasteiger partial charge in [-0.05, 0) is 55.7 Å². The fraction of sp³-hybridized carbons (Fsp3) is 0.700. The molecule has 0 amide bonds. The van der Waals surface area contributed by atoms with Crippen LogP contribution in [0.15, 0.2) is 24.3 Å². The summed E-state index contributed by atoms with van der Waals surface area (Å²) >= 11 is 0. The summed E-state index contributed by atoms with van der Waals surface area (Å²) in [6.45, 7) is 11.4. The van der Waals surface area contributed by atoms with Crippen molar-refractivity contribution in [2.45, 2.75) is 71.6 Å².